The first-order chi connectivity index (χ1) is 11.3. The normalized spacial score (nSPS) is 15.3. The first-order valence-electron chi connectivity index (χ1n) is 8.12. The molecule has 2 aromatic heterocycles. The highest BCUT2D eigenvalue weighted by Gasteiger charge is 2.17. The van der Waals surface area contributed by atoms with Gasteiger partial charge in [-0.1, -0.05) is 12.8 Å². The SMILES string of the molecule is Fc1ccc2c(NCc3ccn(C4CCCC4)n3)ccnc2c1. The van der Waals surface area contributed by atoms with Crippen molar-refractivity contribution in [3.05, 3.63) is 54.2 Å². The van der Waals surface area contributed by atoms with Crippen molar-refractivity contribution in [1.29, 1.82) is 0 Å². The van der Waals surface area contributed by atoms with Crippen LogP contribution in [0.2, 0.25) is 0 Å². The maximum absolute atomic E-state index is 13.3. The van der Waals surface area contributed by atoms with Crippen molar-refractivity contribution in [2.24, 2.45) is 0 Å². The van der Waals surface area contributed by atoms with E-state index in [4.69, 9.17) is 0 Å². The van der Waals surface area contributed by atoms with Crippen LogP contribution < -0.4 is 5.32 Å². The van der Waals surface area contributed by atoms with E-state index in [1.165, 1.54) is 37.8 Å². The summed E-state index contributed by atoms with van der Waals surface area (Å²) >= 11 is 0. The largest absolute Gasteiger partial charge is 0.379 e. The Morgan fingerprint density at radius 1 is 1.17 bits per heavy atom. The lowest BCUT2D eigenvalue weighted by Crippen LogP contribution is -2.07. The Hall–Kier alpha value is -2.43. The predicted molar refractivity (Wildman–Crippen MR) is 88.8 cm³/mol. The summed E-state index contributed by atoms with van der Waals surface area (Å²) in [5.74, 6) is -0.266. The van der Waals surface area contributed by atoms with Crippen LogP contribution in [0.25, 0.3) is 10.9 Å². The van der Waals surface area contributed by atoms with Gasteiger partial charge in [-0.2, -0.15) is 5.10 Å². The summed E-state index contributed by atoms with van der Waals surface area (Å²) in [4.78, 5) is 4.21. The van der Waals surface area contributed by atoms with Gasteiger partial charge in [0.2, 0.25) is 0 Å². The van der Waals surface area contributed by atoms with E-state index >= 15 is 0 Å². The molecule has 1 fully saturated rings. The summed E-state index contributed by atoms with van der Waals surface area (Å²) in [6, 6.07) is 9.22. The molecule has 0 unspecified atom stereocenters. The molecule has 4 rings (SSSR count). The van der Waals surface area contributed by atoms with Gasteiger partial charge >= 0.3 is 0 Å². The summed E-state index contributed by atoms with van der Waals surface area (Å²) in [5, 5.41) is 8.99. The maximum atomic E-state index is 13.3. The lowest BCUT2D eigenvalue weighted by molar-refractivity contribution is 0.463. The zero-order valence-corrected chi connectivity index (χ0v) is 12.9. The van der Waals surface area contributed by atoms with Gasteiger partial charge in [0.15, 0.2) is 0 Å². The van der Waals surface area contributed by atoms with Gasteiger partial charge in [0.05, 0.1) is 23.8 Å². The number of aromatic nitrogens is 3. The molecule has 2 heterocycles. The zero-order chi connectivity index (χ0) is 15.6. The summed E-state index contributed by atoms with van der Waals surface area (Å²) in [7, 11) is 0. The van der Waals surface area contributed by atoms with Gasteiger partial charge in [-0.05, 0) is 37.1 Å². The second-order valence-electron chi connectivity index (χ2n) is 6.10. The molecular formula is C18H19FN4. The minimum absolute atomic E-state index is 0.266. The van der Waals surface area contributed by atoms with E-state index in [1.54, 1.807) is 12.3 Å². The van der Waals surface area contributed by atoms with E-state index in [-0.39, 0.29) is 5.82 Å². The van der Waals surface area contributed by atoms with Crippen molar-refractivity contribution in [2.45, 2.75) is 38.3 Å². The Morgan fingerprint density at radius 3 is 2.91 bits per heavy atom. The second-order valence-corrected chi connectivity index (χ2v) is 6.10. The standard InChI is InChI=1S/C18H19FN4/c19-13-5-6-16-17(7-9-20-18(16)11-13)21-12-14-8-10-23(22-14)15-3-1-2-4-15/h5-11,15H,1-4,12H2,(H,20,21). The number of nitrogens with one attached hydrogen (secondary N) is 1. The molecule has 1 aliphatic rings. The Morgan fingerprint density at radius 2 is 2.04 bits per heavy atom. The smallest absolute Gasteiger partial charge is 0.125 e. The molecule has 1 aliphatic carbocycles. The molecule has 1 saturated carbocycles. The fraction of sp³-hybridized carbons (Fsp3) is 0.333. The predicted octanol–water partition coefficient (Wildman–Crippen LogP) is 4.30. The molecule has 0 bridgehead atoms. The van der Waals surface area contributed by atoms with Gasteiger partial charge in [0.25, 0.3) is 0 Å². The van der Waals surface area contributed by atoms with Crippen molar-refractivity contribution in [1.82, 2.24) is 14.8 Å². The quantitative estimate of drug-likeness (QED) is 0.781. The van der Waals surface area contributed by atoms with Crippen LogP contribution in [0.5, 0.6) is 0 Å². The molecule has 5 heteroatoms. The van der Waals surface area contributed by atoms with E-state index in [2.05, 4.69) is 32.3 Å². The minimum Gasteiger partial charge on any atom is -0.379 e. The number of pyridine rings is 1. The summed E-state index contributed by atoms with van der Waals surface area (Å²) < 4.78 is 15.4. The van der Waals surface area contributed by atoms with Crippen LogP contribution in [-0.4, -0.2) is 14.8 Å². The van der Waals surface area contributed by atoms with Crippen molar-refractivity contribution < 1.29 is 4.39 Å². The average Bonchev–Trinajstić information content (AvgIpc) is 3.23. The third-order valence-corrected chi connectivity index (χ3v) is 4.53. The van der Waals surface area contributed by atoms with Crippen LogP contribution in [0.3, 0.4) is 0 Å². The fourth-order valence-electron chi connectivity index (χ4n) is 3.31. The highest BCUT2D eigenvalue weighted by atomic mass is 19.1. The molecule has 118 valence electrons. The van der Waals surface area contributed by atoms with Gasteiger partial charge in [-0.15, -0.1) is 0 Å². The molecule has 0 saturated heterocycles. The van der Waals surface area contributed by atoms with Crippen LogP contribution in [0, 0.1) is 5.82 Å². The van der Waals surface area contributed by atoms with Gasteiger partial charge in [0, 0.05) is 29.5 Å². The van der Waals surface area contributed by atoms with E-state index in [0.29, 0.717) is 18.1 Å². The number of hydrogen-bond donors (Lipinski definition) is 1. The Balaban J connectivity index is 1.51. The topological polar surface area (TPSA) is 42.7 Å². The molecule has 0 radical (unpaired) electrons. The monoisotopic (exact) mass is 310 g/mol. The van der Waals surface area contributed by atoms with E-state index in [0.717, 1.165) is 16.8 Å². The van der Waals surface area contributed by atoms with Crippen molar-refractivity contribution in [3.63, 3.8) is 0 Å². The number of hydrogen-bond acceptors (Lipinski definition) is 3. The Kier molecular flexibility index (Phi) is 3.69. The molecule has 0 aliphatic heterocycles. The number of halogens is 1. The Bertz CT molecular complexity index is 821. The molecule has 1 N–H and O–H groups in total. The van der Waals surface area contributed by atoms with Crippen LogP contribution in [-0.2, 0) is 6.54 Å². The second kappa shape index (κ2) is 5.99. The van der Waals surface area contributed by atoms with Gasteiger partial charge < -0.3 is 5.32 Å². The summed E-state index contributed by atoms with van der Waals surface area (Å²) in [6.45, 7) is 0.649. The van der Waals surface area contributed by atoms with Gasteiger partial charge in [-0.25, -0.2) is 4.39 Å². The highest BCUT2D eigenvalue weighted by molar-refractivity contribution is 5.90. The molecule has 0 atom stereocenters. The van der Waals surface area contributed by atoms with Crippen LogP contribution in [0.1, 0.15) is 37.4 Å². The number of nitrogens with zero attached hydrogens (tertiary/aromatic N) is 3. The number of benzene rings is 1. The Labute approximate surface area is 134 Å². The van der Waals surface area contributed by atoms with Crippen LogP contribution in [0.15, 0.2) is 42.7 Å². The first-order valence-corrected chi connectivity index (χ1v) is 8.12. The summed E-state index contributed by atoms with van der Waals surface area (Å²) in [5.41, 5.74) is 2.63. The van der Waals surface area contributed by atoms with E-state index < -0.39 is 0 Å². The highest BCUT2D eigenvalue weighted by Crippen LogP contribution is 2.29. The number of fused-ring (bicyclic) bond motifs is 1. The molecule has 1 aromatic carbocycles. The van der Waals surface area contributed by atoms with Gasteiger partial charge in [0.1, 0.15) is 5.82 Å². The lowest BCUT2D eigenvalue weighted by Gasteiger charge is -2.10. The van der Waals surface area contributed by atoms with Crippen molar-refractivity contribution in [3.8, 4) is 0 Å². The third-order valence-electron chi connectivity index (χ3n) is 4.53. The van der Waals surface area contributed by atoms with Crippen molar-refractivity contribution in [2.75, 3.05) is 5.32 Å². The lowest BCUT2D eigenvalue weighted by atomic mass is 10.2. The van der Waals surface area contributed by atoms with Crippen LogP contribution >= 0.6 is 0 Å². The summed E-state index contributed by atoms with van der Waals surface area (Å²) in [6.07, 6.45) is 8.84. The minimum atomic E-state index is -0.266. The first kappa shape index (κ1) is 14.2. The molecule has 4 nitrogen and oxygen atoms in total. The van der Waals surface area contributed by atoms with E-state index in [1.807, 2.05) is 6.07 Å². The van der Waals surface area contributed by atoms with Crippen molar-refractivity contribution >= 4 is 16.6 Å². The molecule has 3 aromatic rings. The molecular weight excluding hydrogens is 291 g/mol. The third kappa shape index (κ3) is 2.91. The van der Waals surface area contributed by atoms with E-state index in [9.17, 15) is 4.39 Å². The van der Waals surface area contributed by atoms with Gasteiger partial charge in [-0.3, -0.25) is 9.67 Å². The van der Waals surface area contributed by atoms with Crippen LogP contribution in [0.4, 0.5) is 10.1 Å². The maximum Gasteiger partial charge on any atom is 0.125 e. The number of anilines is 1. The number of rotatable bonds is 4. The molecule has 23 heavy (non-hydrogen) atoms. The fourth-order valence-corrected chi connectivity index (χ4v) is 3.31. The zero-order valence-electron chi connectivity index (χ0n) is 12.9. The molecule has 0 spiro atoms. The average molecular weight is 310 g/mol. The molecule has 0 amide bonds.